The van der Waals surface area contributed by atoms with Gasteiger partial charge in [0.25, 0.3) is 0 Å². The molecule has 0 amide bonds. The van der Waals surface area contributed by atoms with E-state index in [1.54, 1.807) is 11.3 Å². The summed E-state index contributed by atoms with van der Waals surface area (Å²) in [6.07, 6.45) is 1.94. The van der Waals surface area contributed by atoms with Gasteiger partial charge < -0.3 is 0 Å². The summed E-state index contributed by atoms with van der Waals surface area (Å²) in [7, 11) is 0. The van der Waals surface area contributed by atoms with E-state index in [0.717, 1.165) is 5.01 Å². The van der Waals surface area contributed by atoms with Crippen molar-refractivity contribution in [2.45, 2.75) is 26.7 Å². The van der Waals surface area contributed by atoms with Crippen molar-refractivity contribution in [1.82, 2.24) is 4.98 Å². The molecule has 2 rings (SSSR count). The van der Waals surface area contributed by atoms with Crippen LogP contribution in [-0.2, 0) is 0 Å². The van der Waals surface area contributed by atoms with Crippen molar-refractivity contribution in [2.24, 2.45) is 0 Å². The number of rotatable bonds is 2. The largest absolute Gasteiger partial charge is 0.244 e. The lowest BCUT2D eigenvalue weighted by molar-refractivity contribution is 0.869. The maximum absolute atomic E-state index is 4.45. The molecule has 0 aliphatic rings. The Morgan fingerprint density at radius 2 is 1.93 bits per heavy atom. The van der Waals surface area contributed by atoms with Gasteiger partial charge >= 0.3 is 0 Å². The van der Waals surface area contributed by atoms with Gasteiger partial charge in [0.1, 0.15) is 5.01 Å². The van der Waals surface area contributed by atoms with Crippen LogP contribution in [0.25, 0.3) is 10.6 Å². The highest BCUT2D eigenvalue weighted by Gasteiger charge is 2.09. The average molecular weight is 217 g/mol. The van der Waals surface area contributed by atoms with Crippen LogP contribution >= 0.6 is 11.3 Å². The zero-order valence-electron chi connectivity index (χ0n) is 9.32. The quantitative estimate of drug-likeness (QED) is 0.733. The first-order valence-electron chi connectivity index (χ1n) is 5.20. The first kappa shape index (κ1) is 10.4. The van der Waals surface area contributed by atoms with E-state index >= 15 is 0 Å². The predicted molar refractivity (Wildman–Crippen MR) is 66.4 cm³/mol. The van der Waals surface area contributed by atoms with Crippen molar-refractivity contribution in [3.05, 3.63) is 40.9 Å². The third-order valence-corrected chi connectivity index (χ3v) is 3.38. The molecule has 1 aromatic heterocycles. The van der Waals surface area contributed by atoms with Gasteiger partial charge in [-0.1, -0.05) is 38.1 Å². The number of aromatic nitrogens is 1. The molecule has 2 aromatic rings. The molecule has 2 heteroatoms. The number of benzene rings is 1. The number of thiazole rings is 1. The number of hydrogen-bond acceptors (Lipinski definition) is 2. The Labute approximate surface area is 94.8 Å². The molecule has 1 aromatic carbocycles. The third kappa shape index (κ3) is 2.10. The summed E-state index contributed by atoms with van der Waals surface area (Å²) in [5.74, 6) is 0.547. The molecule has 0 saturated carbocycles. The van der Waals surface area contributed by atoms with Gasteiger partial charge in [-0.3, -0.25) is 0 Å². The summed E-state index contributed by atoms with van der Waals surface area (Å²) in [4.78, 5) is 5.71. The van der Waals surface area contributed by atoms with Crippen molar-refractivity contribution in [2.75, 3.05) is 0 Å². The van der Waals surface area contributed by atoms with Gasteiger partial charge in [-0.05, 0) is 18.4 Å². The van der Waals surface area contributed by atoms with Gasteiger partial charge in [0, 0.05) is 16.6 Å². The van der Waals surface area contributed by atoms with Crippen LogP contribution in [0.3, 0.4) is 0 Å². The molecule has 0 N–H and O–H groups in total. The van der Waals surface area contributed by atoms with E-state index in [9.17, 15) is 0 Å². The topological polar surface area (TPSA) is 12.9 Å². The Kier molecular flexibility index (Phi) is 2.87. The Balaban J connectivity index is 2.52. The predicted octanol–water partition coefficient (Wildman–Crippen LogP) is 4.24. The van der Waals surface area contributed by atoms with Crippen molar-refractivity contribution < 1.29 is 0 Å². The van der Waals surface area contributed by atoms with Crippen molar-refractivity contribution in [3.8, 4) is 10.6 Å². The second-order valence-corrected chi connectivity index (χ2v) is 5.25. The lowest BCUT2D eigenvalue weighted by Gasteiger charge is -2.09. The van der Waals surface area contributed by atoms with Crippen LogP contribution in [0, 0.1) is 6.92 Å². The number of aryl methyl sites for hydroxylation is 1. The SMILES string of the molecule is Cc1cnc(-c2ccccc2C(C)C)s1. The monoisotopic (exact) mass is 217 g/mol. The fraction of sp³-hybridized carbons (Fsp3) is 0.308. The molecule has 0 spiro atoms. The molecule has 0 bridgehead atoms. The Bertz CT molecular complexity index is 457. The minimum Gasteiger partial charge on any atom is -0.244 e. The number of hydrogen-bond donors (Lipinski definition) is 0. The zero-order chi connectivity index (χ0) is 10.8. The molecular weight excluding hydrogens is 202 g/mol. The van der Waals surface area contributed by atoms with Crippen LogP contribution < -0.4 is 0 Å². The molecule has 1 nitrogen and oxygen atoms in total. The van der Waals surface area contributed by atoms with Crippen molar-refractivity contribution in [3.63, 3.8) is 0 Å². The van der Waals surface area contributed by atoms with Gasteiger partial charge in [0.05, 0.1) is 0 Å². The second kappa shape index (κ2) is 4.15. The van der Waals surface area contributed by atoms with Gasteiger partial charge in [-0.2, -0.15) is 0 Å². The third-order valence-electron chi connectivity index (χ3n) is 2.43. The van der Waals surface area contributed by atoms with Gasteiger partial charge in [-0.15, -0.1) is 11.3 Å². The first-order valence-corrected chi connectivity index (χ1v) is 6.02. The van der Waals surface area contributed by atoms with Gasteiger partial charge in [-0.25, -0.2) is 4.98 Å². The Hall–Kier alpha value is -1.15. The molecular formula is C13H15NS. The van der Waals surface area contributed by atoms with E-state index in [-0.39, 0.29) is 0 Å². The second-order valence-electron chi connectivity index (χ2n) is 4.02. The highest BCUT2D eigenvalue weighted by Crippen LogP contribution is 2.31. The zero-order valence-corrected chi connectivity index (χ0v) is 10.1. The molecule has 0 fully saturated rings. The van der Waals surface area contributed by atoms with Crippen LogP contribution in [0.2, 0.25) is 0 Å². The van der Waals surface area contributed by atoms with E-state index in [0.29, 0.717) is 5.92 Å². The summed E-state index contributed by atoms with van der Waals surface area (Å²) in [5.41, 5.74) is 2.66. The fourth-order valence-corrected chi connectivity index (χ4v) is 2.49. The molecule has 78 valence electrons. The highest BCUT2D eigenvalue weighted by molar-refractivity contribution is 7.14. The van der Waals surface area contributed by atoms with E-state index in [4.69, 9.17) is 0 Å². The minimum atomic E-state index is 0.547. The lowest BCUT2D eigenvalue weighted by atomic mass is 9.98. The smallest absolute Gasteiger partial charge is 0.123 e. The molecule has 1 heterocycles. The van der Waals surface area contributed by atoms with Crippen molar-refractivity contribution in [1.29, 1.82) is 0 Å². The van der Waals surface area contributed by atoms with Gasteiger partial charge in [0.15, 0.2) is 0 Å². The molecule has 15 heavy (non-hydrogen) atoms. The number of nitrogens with zero attached hydrogens (tertiary/aromatic N) is 1. The molecule has 0 saturated heterocycles. The molecule has 0 atom stereocenters. The normalized spacial score (nSPS) is 10.9. The van der Waals surface area contributed by atoms with Crippen LogP contribution in [0.15, 0.2) is 30.5 Å². The first-order chi connectivity index (χ1) is 7.18. The minimum absolute atomic E-state index is 0.547. The van der Waals surface area contributed by atoms with E-state index in [2.05, 4.69) is 50.0 Å². The maximum Gasteiger partial charge on any atom is 0.123 e. The standard InChI is InChI=1S/C13H15NS/c1-9(2)11-6-4-5-7-12(11)13-14-8-10(3)15-13/h4-9H,1-3H3. The van der Waals surface area contributed by atoms with Crippen LogP contribution in [-0.4, -0.2) is 4.98 Å². The molecule has 0 radical (unpaired) electrons. The summed E-state index contributed by atoms with van der Waals surface area (Å²) in [5, 5.41) is 1.14. The van der Waals surface area contributed by atoms with E-state index < -0.39 is 0 Å². The Morgan fingerprint density at radius 1 is 1.20 bits per heavy atom. The summed E-state index contributed by atoms with van der Waals surface area (Å²) in [6, 6.07) is 8.53. The fourth-order valence-electron chi connectivity index (χ4n) is 1.67. The van der Waals surface area contributed by atoms with Crippen LogP contribution in [0.5, 0.6) is 0 Å². The molecule has 0 aliphatic heterocycles. The summed E-state index contributed by atoms with van der Waals surface area (Å²) < 4.78 is 0. The van der Waals surface area contributed by atoms with Crippen LogP contribution in [0.1, 0.15) is 30.2 Å². The average Bonchev–Trinajstić information content (AvgIpc) is 2.65. The van der Waals surface area contributed by atoms with E-state index in [1.165, 1.54) is 16.0 Å². The Morgan fingerprint density at radius 3 is 2.53 bits per heavy atom. The van der Waals surface area contributed by atoms with E-state index in [1.807, 2.05) is 6.20 Å². The van der Waals surface area contributed by atoms with Crippen LogP contribution in [0.4, 0.5) is 0 Å². The summed E-state index contributed by atoms with van der Waals surface area (Å²) >= 11 is 1.76. The lowest BCUT2D eigenvalue weighted by Crippen LogP contribution is -1.90. The molecule has 0 aliphatic carbocycles. The molecule has 0 unspecified atom stereocenters. The summed E-state index contributed by atoms with van der Waals surface area (Å²) in [6.45, 7) is 6.54. The highest BCUT2D eigenvalue weighted by atomic mass is 32.1. The maximum atomic E-state index is 4.45. The van der Waals surface area contributed by atoms with Gasteiger partial charge in [0.2, 0.25) is 0 Å². The van der Waals surface area contributed by atoms with Crippen molar-refractivity contribution >= 4 is 11.3 Å².